The molecule has 5 heteroatoms. The van der Waals surface area contributed by atoms with Gasteiger partial charge in [-0.2, -0.15) is 0 Å². The van der Waals surface area contributed by atoms with E-state index in [1.807, 2.05) is 25.1 Å². The van der Waals surface area contributed by atoms with Crippen molar-refractivity contribution in [3.05, 3.63) is 23.8 Å². The lowest BCUT2D eigenvalue weighted by atomic mass is 9.96. The van der Waals surface area contributed by atoms with Crippen molar-refractivity contribution in [3.8, 4) is 11.5 Å². The molecule has 1 saturated heterocycles. The van der Waals surface area contributed by atoms with Gasteiger partial charge in [0.1, 0.15) is 0 Å². The van der Waals surface area contributed by atoms with E-state index in [0.29, 0.717) is 24.7 Å². The Hall–Kier alpha value is -1.91. The van der Waals surface area contributed by atoms with Gasteiger partial charge in [-0.15, -0.1) is 0 Å². The molecular weight excluding hydrogens is 258 g/mol. The second-order valence-electron chi connectivity index (χ2n) is 5.04. The Morgan fingerprint density at radius 2 is 2.20 bits per heavy atom. The molecule has 20 heavy (non-hydrogen) atoms. The lowest BCUT2D eigenvalue weighted by molar-refractivity contribution is 0.0701. The number of hydrogen-bond acceptors (Lipinski definition) is 4. The fourth-order valence-electron chi connectivity index (χ4n) is 2.12. The van der Waals surface area contributed by atoms with E-state index < -0.39 is 11.7 Å². The van der Waals surface area contributed by atoms with E-state index in [2.05, 4.69) is 12.2 Å². The smallest absolute Gasteiger partial charge is 0.408 e. The lowest BCUT2D eigenvalue weighted by Gasteiger charge is -2.23. The van der Waals surface area contributed by atoms with Crippen LogP contribution in [0.15, 0.2) is 18.2 Å². The monoisotopic (exact) mass is 279 g/mol. The van der Waals surface area contributed by atoms with Crippen LogP contribution in [0.25, 0.3) is 0 Å². The average molecular weight is 279 g/mol. The van der Waals surface area contributed by atoms with Crippen LogP contribution in [0.2, 0.25) is 0 Å². The van der Waals surface area contributed by atoms with Crippen molar-refractivity contribution in [2.45, 2.75) is 32.3 Å². The predicted octanol–water partition coefficient (Wildman–Crippen LogP) is 2.83. The number of nitrogens with one attached hydrogen (secondary N) is 1. The maximum absolute atomic E-state index is 11.3. The zero-order chi connectivity index (χ0) is 14.6. The number of methoxy groups -OCH3 is 1. The van der Waals surface area contributed by atoms with Gasteiger partial charge in [0.05, 0.1) is 20.3 Å². The molecule has 0 radical (unpaired) electrons. The van der Waals surface area contributed by atoms with Crippen molar-refractivity contribution in [1.82, 2.24) is 5.32 Å². The van der Waals surface area contributed by atoms with Gasteiger partial charge in [-0.1, -0.05) is 19.4 Å². The number of ether oxygens (including phenoxy) is 3. The molecule has 1 fully saturated rings. The zero-order valence-corrected chi connectivity index (χ0v) is 12.2. The van der Waals surface area contributed by atoms with Crippen LogP contribution in [0.3, 0.4) is 0 Å². The van der Waals surface area contributed by atoms with Crippen molar-refractivity contribution in [1.29, 1.82) is 0 Å². The number of unbranched alkanes of at least 4 members (excludes halogenated alkanes) is 1. The summed E-state index contributed by atoms with van der Waals surface area (Å²) >= 11 is 0. The van der Waals surface area contributed by atoms with Gasteiger partial charge in [0.15, 0.2) is 17.1 Å². The molecule has 1 aliphatic rings. The average Bonchev–Trinajstić information content (AvgIpc) is 2.80. The van der Waals surface area contributed by atoms with Gasteiger partial charge >= 0.3 is 6.09 Å². The molecule has 0 saturated carbocycles. The number of rotatable bonds is 6. The van der Waals surface area contributed by atoms with Crippen LogP contribution in [0, 0.1) is 0 Å². The van der Waals surface area contributed by atoms with E-state index in [4.69, 9.17) is 14.2 Å². The molecule has 2 rings (SSSR count). The standard InChI is InChI=1S/C15H21NO4/c1-4-5-8-19-13-9-11(6-7-12(13)18-3)15(2)10-16-14(17)20-15/h6-7,9H,4-5,8,10H2,1-3H3,(H,16,17). The van der Waals surface area contributed by atoms with E-state index in [9.17, 15) is 4.79 Å². The summed E-state index contributed by atoms with van der Waals surface area (Å²) in [5.74, 6) is 1.37. The Balaban J connectivity index is 2.22. The summed E-state index contributed by atoms with van der Waals surface area (Å²) in [6.45, 7) is 5.09. The second kappa shape index (κ2) is 6.03. The molecule has 0 spiro atoms. The molecule has 1 aromatic carbocycles. The molecule has 1 atom stereocenters. The predicted molar refractivity (Wildman–Crippen MR) is 75.2 cm³/mol. The second-order valence-corrected chi connectivity index (χ2v) is 5.04. The minimum Gasteiger partial charge on any atom is -0.493 e. The Labute approximate surface area is 119 Å². The van der Waals surface area contributed by atoms with E-state index in [1.165, 1.54) is 0 Å². The molecule has 0 aromatic heterocycles. The van der Waals surface area contributed by atoms with Gasteiger partial charge in [-0.25, -0.2) is 4.79 Å². The summed E-state index contributed by atoms with van der Waals surface area (Å²) < 4.78 is 16.4. The van der Waals surface area contributed by atoms with E-state index >= 15 is 0 Å². The summed E-state index contributed by atoms with van der Waals surface area (Å²) in [4.78, 5) is 11.3. The van der Waals surface area contributed by atoms with Crippen LogP contribution in [0.1, 0.15) is 32.3 Å². The molecule has 1 heterocycles. The third kappa shape index (κ3) is 2.98. The first-order valence-electron chi connectivity index (χ1n) is 6.87. The Bertz CT molecular complexity index is 489. The molecule has 1 aliphatic heterocycles. The Morgan fingerprint density at radius 1 is 1.40 bits per heavy atom. The summed E-state index contributed by atoms with van der Waals surface area (Å²) in [6.07, 6.45) is 1.67. The van der Waals surface area contributed by atoms with Crippen LogP contribution in [0.5, 0.6) is 11.5 Å². The zero-order valence-electron chi connectivity index (χ0n) is 12.2. The van der Waals surface area contributed by atoms with Gasteiger partial charge in [0.25, 0.3) is 0 Å². The van der Waals surface area contributed by atoms with Crippen LogP contribution >= 0.6 is 0 Å². The van der Waals surface area contributed by atoms with Crippen molar-refractivity contribution < 1.29 is 19.0 Å². The van der Waals surface area contributed by atoms with E-state index in [-0.39, 0.29) is 0 Å². The highest BCUT2D eigenvalue weighted by atomic mass is 16.6. The molecule has 1 unspecified atom stereocenters. The number of alkyl carbamates (subject to hydrolysis) is 1. The highest BCUT2D eigenvalue weighted by Gasteiger charge is 2.37. The largest absolute Gasteiger partial charge is 0.493 e. The summed E-state index contributed by atoms with van der Waals surface area (Å²) in [7, 11) is 1.61. The van der Waals surface area contributed by atoms with Crippen molar-refractivity contribution in [2.24, 2.45) is 0 Å². The number of carbonyl (C=O) groups excluding carboxylic acids is 1. The number of benzene rings is 1. The first kappa shape index (κ1) is 14.5. The minimum absolute atomic E-state index is 0.392. The minimum atomic E-state index is -0.660. The van der Waals surface area contributed by atoms with E-state index in [1.54, 1.807) is 7.11 Å². The number of cyclic esters (lactones) is 1. The number of hydrogen-bond donors (Lipinski definition) is 1. The first-order chi connectivity index (χ1) is 9.59. The normalized spacial score (nSPS) is 21.2. The fraction of sp³-hybridized carbons (Fsp3) is 0.533. The Morgan fingerprint density at radius 3 is 2.80 bits per heavy atom. The van der Waals surface area contributed by atoms with Crippen LogP contribution in [-0.2, 0) is 10.3 Å². The van der Waals surface area contributed by atoms with Gasteiger partial charge in [0, 0.05) is 5.56 Å². The van der Waals surface area contributed by atoms with Gasteiger partial charge in [-0.05, 0) is 25.5 Å². The fourth-order valence-corrected chi connectivity index (χ4v) is 2.12. The van der Waals surface area contributed by atoms with Crippen molar-refractivity contribution in [2.75, 3.05) is 20.3 Å². The maximum atomic E-state index is 11.3. The molecule has 1 amide bonds. The SMILES string of the molecule is CCCCOc1cc(C2(C)CNC(=O)O2)ccc1OC. The van der Waals surface area contributed by atoms with E-state index in [0.717, 1.165) is 18.4 Å². The highest BCUT2D eigenvalue weighted by Crippen LogP contribution is 2.35. The highest BCUT2D eigenvalue weighted by molar-refractivity contribution is 5.70. The molecular formula is C15H21NO4. The Kier molecular flexibility index (Phi) is 4.37. The molecule has 0 aliphatic carbocycles. The number of amides is 1. The summed E-state index contributed by atoms with van der Waals surface area (Å²) in [6, 6.07) is 5.62. The first-order valence-corrected chi connectivity index (χ1v) is 6.87. The third-order valence-corrected chi connectivity index (χ3v) is 3.42. The lowest BCUT2D eigenvalue weighted by Crippen LogP contribution is -2.26. The summed E-state index contributed by atoms with van der Waals surface area (Å²) in [5.41, 5.74) is 0.231. The van der Waals surface area contributed by atoms with Crippen LogP contribution in [0.4, 0.5) is 4.79 Å². The van der Waals surface area contributed by atoms with Crippen molar-refractivity contribution >= 4 is 6.09 Å². The molecule has 0 bridgehead atoms. The van der Waals surface area contributed by atoms with Gasteiger partial charge in [0.2, 0.25) is 0 Å². The van der Waals surface area contributed by atoms with Crippen molar-refractivity contribution in [3.63, 3.8) is 0 Å². The molecule has 1 aromatic rings. The van der Waals surface area contributed by atoms with Crippen LogP contribution in [-0.4, -0.2) is 26.4 Å². The van der Waals surface area contributed by atoms with Gasteiger partial charge in [-0.3, -0.25) is 0 Å². The number of carbonyl (C=O) groups is 1. The maximum Gasteiger partial charge on any atom is 0.408 e. The molecule has 5 nitrogen and oxygen atoms in total. The summed E-state index contributed by atoms with van der Waals surface area (Å²) in [5, 5.41) is 2.68. The molecule has 110 valence electrons. The topological polar surface area (TPSA) is 56.8 Å². The third-order valence-electron chi connectivity index (χ3n) is 3.42. The van der Waals surface area contributed by atoms with Gasteiger partial charge < -0.3 is 19.5 Å². The van der Waals surface area contributed by atoms with Crippen LogP contribution < -0.4 is 14.8 Å². The molecule has 1 N–H and O–H groups in total. The quantitative estimate of drug-likeness (QED) is 0.813.